The lowest BCUT2D eigenvalue weighted by Crippen LogP contribution is -2.66. The Morgan fingerprint density at radius 2 is 0.846 bits per heavy atom. The third-order valence-corrected chi connectivity index (χ3v) is 14.9. The van der Waals surface area contributed by atoms with E-state index in [1.54, 1.807) is 6.08 Å². The SMILES string of the molecule is CCCCCCC/C=C\C/C=C\C/C=C\CCCCCCCCCCC(=O)NC(COC1OC(CO)C(OC2OC(CO)C(OC3OC(CO)C(O)C(O)C3O)C(O)C2O)C(O)C1O)C(O)/C=C/CCCCCCCCCC. The number of hydrogen-bond acceptors (Lipinski definition) is 18. The molecule has 0 aliphatic carbocycles. The lowest BCUT2D eigenvalue weighted by atomic mass is 9.96. The summed E-state index contributed by atoms with van der Waals surface area (Å²) >= 11 is 0. The van der Waals surface area contributed by atoms with Crippen molar-refractivity contribution in [2.75, 3.05) is 26.4 Å². The Morgan fingerprint density at radius 3 is 1.32 bits per heavy atom. The van der Waals surface area contributed by atoms with Gasteiger partial charge in [-0.25, -0.2) is 0 Å². The normalized spacial score (nSPS) is 30.8. The maximum atomic E-state index is 13.3. The van der Waals surface area contributed by atoms with Crippen LogP contribution in [-0.4, -0.2) is 193 Å². The minimum absolute atomic E-state index is 0.233. The first-order valence-corrected chi connectivity index (χ1v) is 29.9. The summed E-state index contributed by atoms with van der Waals surface area (Å²) in [5, 5.41) is 120. The second kappa shape index (κ2) is 42.6. The Kier molecular flexibility index (Phi) is 38.2. The van der Waals surface area contributed by atoms with Crippen LogP contribution < -0.4 is 5.32 Å². The third kappa shape index (κ3) is 26.3. The summed E-state index contributed by atoms with van der Waals surface area (Å²) in [5.74, 6) is -0.287. The fourth-order valence-corrected chi connectivity index (χ4v) is 9.90. The number of amides is 1. The van der Waals surface area contributed by atoms with Gasteiger partial charge in [0, 0.05) is 6.42 Å². The van der Waals surface area contributed by atoms with Gasteiger partial charge in [0.25, 0.3) is 0 Å². The molecule has 0 radical (unpaired) electrons. The molecule has 3 heterocycles. The highest BCUT2D eigenvalue weighted by Crippen LogP contribution is 2.33. The number of hydrogen-bond donors (Lipinski definition) is 12. The molecule has 17 atom stereocenters. The van der Waals surface area contributed by atoms with E-state index in [0.29, 0.717) is 6.42 Å². The van der Waals surface area contributed by atoms with E-state index < -0.39 is 124 Å². The molecule has 3 aliphatic heterocycles. The summed E-state index contributed by atoms with van der Waals surface area (Å²) in [6.07, 6.45) is 19.6. The Bertz CT molecular complexity index is 1620. The molecule has 1 amide bonds. The average molecular weight is 1120 g/mol. The molecule has 0 saturated carbocycles. The molecular weight excluding hydrogens is 1010 g/mol. The standard InChI is InChI=1S/C59H105NO18/c1-3-5-7-9-11-13-15-16-17-18-19-20-21-22-23-24-25-26-27-29-31-33-35-37-47(65)60-42(43(64)36-34-32-30-28-14-12-10-8-6-4-2)41-73-57-53(71)50(68)55(45(39-62)75-57)78-59-54(72)51(69)56(46(40-63)76-59)77-58-52(70)49(67)48(66)44(38-61)74-58/h15-16,18-19,21-22,34,36,42-46,48-59,61-64,66-72H,3-14,17,20,23-33,35,37-41H2,1-2H3,(H,60,65)/b16-15-,19-18-,22-21-,36-34+. The van der Waals surface area contributed by atoms with Crippen molar-refractivity contribution in [2.45, 2.75) is 291 Å². The summed E-state index contributed by atoms with van der Waals surface area (Å²) in [7, 11) is 0. The number of unbranched alkanes of at least 4 members (excludes halogenated alkanes) is 21. The van der Waals surface area contributed by atoms with Gasteiger partial charge in [0.1, 0.15) is 73.2 Å². The molecule has 0 bridgehead atoms. The van der Waals surface area contributed by atoms with Crippen molar-refractivity contribution < 1.29 is 89.4 Å². The van der Waals surface area contributed by atoms with Gasteiger partial charge in [-0.15, -0.1) is 0 Å². The first kappa shape index (κ1) is 70.0. The van der Waals surface area contributed by atoms with E-state index in [-0.39, 0.29) is 18.9 Å². The van der Waals surface area contributed by atoms with Gasteiger partial charge in [-0.05, 0) is 57.8 Å². The van der Waals surface area contributed by atoms with Crippen molar-refractivity contribution in [3.05, 3.63) is 48.6 Å². The van der Waals surface area contributed by atoms with E-state index in [2.05, 4.69) is 55.6 Å². The molecule has 12 N–H and O–H groups in total. The van der Waals surface area contributed by atoms with Crippen LogP contribution in [-0.2, 0) is 33.2 Å². The highest BCUT2D eigenvalue weighted by atomic mass is 16.8. The average Bonchev–Trinajstić information content (AvgIpc) is 3.49. The maximum Gasteiger partial charge on any atom is 0.220 e. The van der Waals surface area contributed by atoms with E-state index in [1.807, 2.05) is 6.08 Å². The zero-order chi connectivity index (χ0) is 56.9. The van der Waals surface area contributed by atoms with Gasteiger partial charge in [0.2, 0.25) is 5.91 Å². The number of carbonyl (C=O) groups excluding carboxylic acids is 1. The highest BCUT2D eigenvalue weighted by Gasteiger charge is 2.53. The number of allylic oxidation sites excluding steroid dienone is 7. The predicted molar refractivity (Wildman–Crippen MR) is 295 cm³/mol. The topological polar surface area (TPSA) is 307 Å². The number of aliphatic hydroxyl groups is 11. The number of nitrogens with one attached hydrogen (secondary N) is 1. The fraction of sp³-hybridized carbons (Fsp3) is 0.847. The van der Waals surface area contributed by atoms with Crippen molar-refractivity contribution in [3.8, 4) is 0 Å². The van der Waals surface area contributed by atoms with Gasteiger partial charge < -0.3 is 89.9 Å². The summed E-state index contributed by atoms with van der Waals surface area (Å²) < 4.78 is 34.2. The van der Waals surface area contributed by atoms with Crippen LogP contribution in [0.25, 0.3) is 0 Å². The van der Waals surface area contributed by atoms with Gasteiger partial charge >= 0.3 is 0 Å². The van der Waals surface area contributed by atoms with E-state index in [4.69, 9.17) is 28.4 Å². The number of ether oxygens (including phenoxy) is 6. The monoisotopic (exact) mass is 1120 g/mol. The van der Waals surface area contributed by atoms with Crippen LogP contribution in [0.15, 0.2) is 48.6 Å². The van der Waals surface area contributed by atoms with Gasteiger partial charge in [-0.2, -0.15) is 0 Å². The fourth-order valence-electron chi connectivity index (χ4n) is 9.90. The van der Waals surface area contributed by atoms with Gasteiger partial charge in [0.15, 0.2) is 18.9 Å². The molecular formula is C59H105NO18. The second-order valence-corrected chi connectivity index (χ2v) is 21.5. The lowest BCUT2D eigenvalue weighted by Gasteiger charge is -2.48. The predicted octanol–water partition coefficient (Wildman–Crippen LogP) is 5.09. The summed E-state index contributed by atoms with van der Waals surface area (Å²) in [6.45, 7) is 1.66. The molecule has 3 fully saturated rings. The number of carbonyl (C=O) groups is 1. The number of rotatable bonds is 43. The van der Waals surface area contributed by atoms with Gasteiger partial charge in [0.05, 0.1) is 38.6 Å². The molecule has 19 nitrogen and oxygen atoms in total. The van der Waals surface area contributed by atoms with Crippen LogP contribution in [0.1, 0.15) is 187 Å². The van der Waals surface area contributed by atoms with Crippen molar-refractivity contribution in [1.82, 2.24) is 5.32 Å². The zero-order valence-electron chi connectivity index (χ0n) is 47.1. The molecule has 19 heteroatoms. The van der Waals surface area contributed by atoms with E-state index in [9.17, 15) is 61.0 Å². The molecule has 0 spiro atoms. The van der Waals surface area contributed by atoms with Gasteiger partial charge in [-0.3, -0.25) is 4.79 Å². The molecule has 17 unspecified atom stereocenters. The smallest absolute Gasteiger partial charge is 0.220 e. The summed E-state index contributed by atoms with van der Waals surface area (Å²) in [5.41, 5.74) is 0. The van der Waals surface area contributed by atoms with E-state index in [0.717, 1.165) is 70.6 Å². The molecule has 78 heavy (non-hydrogen) atoms. The Hall–Kier alpha value is -2.25. The van der Waals surface area contributed by atoms with Crippen LogP contribution in [0.3, 0.4) is 0 Å². The zero-order valence-corrected chi connectivity index (χ0v) is 47.1. The molecule has 0 aromatic heterocycles. The quantitative estimate of drug-likeness (QED) is 0.0279. The molecule has 454 valence electrons. The Balaban J connectivity index is 1.46. The maximum absolute atomic E-state index is 13.3. The van der Waals surface area contributed by atoms with Crippen molar-refractivity contribution in [2.24, 2.45) is 0 Å². The van der Waals surface area contributed by atoms with E-state index >= 15 is 0 Å². The second-order valence-electron chi connectivity index (χ2n) is 21.5. The van der Waals surface area contributed by atoms with E-state index in [1.165, 1.54) is 89.9 Å². The first-order valence-electron chi connectivity index (χ1n) is 29.9. The Labute approximate surface area is 465 Å². The van der Waals surface area contributed by atoms with Crippen LogP contribution >= 0.6 is 0 Å². The molecule has 0 aromatic rings. The largest absolute Gasteiger partial charge is 0.394 e. The minimum Gasteiger partial charge on any atom is -0.394 e. The number of aliphatic hydroxyl groups excluding tert-OH is 11. The molecule has 0 aromatic carbocycles. The van der Waals surface area contributed by atoms with Crippen molar-refractivity contribution >= 4 is 5.91 Å². The molecule has 3 rings (SSSR count). The van der Waals surface area contributed by atoms with Crippen LogP contribution in [0.2, 0.25) is 0 Å². The molecule has 3 saturated heterocycles. The summed E-state index contributed by atoms with van der Waals surface area (Å²) in [4.78, 5) is 13.3. The Morgan fingerprint density at radius 1 is 0.462 bits per heavy atom. The van der Waals surface area contributed by atoms with Crippen LogP contribution in [0.5, 0.6) is 0 Å². The van der Waals surface area contributed by atoms with Crippen molar-refractivity contribution in [1.29, 1.82) is 0 Å². The van der Waals surface area contributed by atoms with Crippen molar-refractivity contribution in [3.63, 3.8) is 0 Å². The first-order chi connectivity index (χ1) is 37.8. The van der Waals surface area contributed by atoms with Crippen LogP contribution in [0.4, 0.5) is 0 Å². The van der Waals surface area contributed by atoms with Crippen LogP contribution in [0, 0.1) is 0 Å². The minimum atomic E-state index is -1.98. The van der Waals surface area contributed by atoms with Gasteiger partial charge in [-0.1, -0.05) is 172 Å². The lowest BCUT2D eigenvalue weighted by molar-refractivity contribution is -0.379. The summed E-state index contributed by atoms with van der Waals surface area (Å²) in [6, 6.07) is -0.976. The third-order valence-electron chi connectivity index (χ3n) is 14.9. The highest BCUT2D eigenvalue weighted by molar-refractivity contribution is 5.76. The molecule has 3 aliphatic rings.